The highest BCUT2D eigenvalue weighted by Crippen LogP contribution is 1.95. The molecule has 0 saturated carbocycles. The van der Waals surface area contributed by atoms with Crippen molar-refractivity contribution in [3.63, 3.8) is 0 Å². The third kappa shape index (κ3) is 2.89. The molecule has 1 aromatic rings. The van der Waals surface area contributed by atoms with Gasteiger partial charge in [0.15, 0.2) is 0 Å². The van der Waals surface area contributed by atoms with Crippen LogP contribution in [0.1, 0.15) is 19.8 Å². The Morgan fingerprint density at radius 1 is 1.50 bits per heavy atom. The minimum Gasteiger partial charge on any atom is -0.237 e. The Labute approximate surface area is 78.6 Å². The van der Waals surface area contributed by atoms with Crippen molar-refractivity contribution in [1.82, 2.24) is 4.57 Å². The molecular weight excluding hydrogens is 168 g/mol. The van der Waals surface area contributed by atoms with Crippen LogP contribution in [0.15, 0.2) is 18.7 Å². The molecule has 2 nitrogen and oxygen atoms in total. The topological polar surface area (TPSA) is 8.81 Å². The summed E-state index contributed by atoms with van der Waals surface area (Å²) in [4.78, 5) is 0. The second kappa shape index (κ2) is 5.25. The molecule has 68 valence electrons. The first-order valence-electron chi connectivity index (χ1n) is 4.40. The Balaban J connectivity index is 2.41. The van der Waals surface area contributed by atoms with Crippen molar-refractivity contribution in [2.45, 2.75) is 32.2 Å². The van der Waals surface area contributed by atoms with Crippen molar-refractivity contribution < 1.29 is 4.57 Å². The van der Waals surface area contributed by atoms with E-state index in [0.717, 1.165) is 12.4 Å². The van der Waals surface area contributed by atoms with Gasteiger partial charge in [0, 0.05) is 0 Å². The molecule has 0 aliphatic rings. The molecule has 0 fully saturated rings. The average molecular weight is 185 g/mol. The van der Waals surface area contributed by atoms with E-state index in [-0.39, 0.29) is 0 Å². The van der Waals surface area contributed by atoms with Crippen LogP contribution in [-0.4, -0.2) is 10.8 Å². The Kier molecular flexibility index (Phi) is 4.22. The van der Waals surface area contributed by atoms with E-state index in [4.69, 9.17) is 0 Å². The zero-order valence-corrected chi connectivity index (χ0v) is 8.68. The van der Waals surface area contributed by atoms with Gasteiger partial charge in [0.25, 0.3) is 0 Å². The summed E-state index contributed by atoms with van der Waals surface area (Å²) < 4.78 is 4.46. The first-order valence-corrected chi connectivity index (χ1v) is 5.80. The van der Waals surface area contributed by atoms with Crippen molar-refractivity contribution in [3.05, 3.63) is 18.7 Å². The van der Waals surface area contributed by atoms with Crippen molar-refractivity contribution in [3.8, 4) is 0 Å². The number of aryl methyl sites for hydroxylation is 1. The predicted octanol–water partition coefficient (Wildman–Crippen LogP) is 1.90. The third-order valence-electron chi connectivity index (χ3n) is 1.79. The minimum atomic E-state index is 1.05. The molecule has 0 bridgehead atoms. The van der Waals surface area contributed by atoms with Gasteiger partial charge in [-0.1, -0.05) is 13.3 Å². The molecule has 0 saturated heterocycles. The molecule has 0 unspecified atom stereocenters. The van der Waals surface area contributed by atoms with Gasteiger partial charge in [-0.3, -0.25) is 0 Å². The summed E-state index contributed by atoms with van der Waals surface area (Å²) in [7, 11) is 0. The quantitative estimate of drug-likeness (QED) is 0.636. The Morgan fingerprint density at radius 2 is 2.33 bits per heavy atom. The number of nitrogens with zero attached hydrogens (tertiary/aromatic N) is 2. The van der Waals surface area contributed by atoms with Crippen LogP contribution in [0.3, 0.4) is 0 Å². The van der Waals surface area contributed by atoms with Crippen LogP contribution in [0.25, 0.3) is 0 Å². The van der Waals surface area contributed by atoms with Gasteiger partial charge < -0.3 is 0 Å². The van der Waals surface area contributed by atoms with E-state index in [1.54, 1.807) is 0 Å². The molecule has 0 amide bonds. The van der Waals surface area contributed by atoms with E-state index >= 15 is 0 Å². The Bertz CT molecular complexity index is 220. The maximum atomic E-state index is 2.25. The number of imidazole rings is 1. The number of unbranched alkanes of at least 4 members (excludes halogenated alkanes) is 1. The van der Waals surface area contributed by atoms with Gasteiger partial charge in [0.05, 0.1) is 6.54 Å². The van der Waals surface area contributed by atoms with Gasteiger partial charge >= 0.3 is 0 Å². The SMILES string of the molecule is CCCCn1cc[n+](CSC)c1. The highest BCUT2D eigenvalue weighted by molar-refractivity contribution is 7.97. The van der Waals surface area contributed by atoms with Gasteiger partial charge in [-0.05, 0) is 12.7 Å². The molecule has 0 aliphatic carbocycles. The zero-order valence-electron chi connectivity index (χ0n) is 7.86. The Hall–Kier alpha value is -0.440. The maximum absolute atomic E-state index is 2.25. The molecule has 0 spiro atoms. The third-order valence-corrected chi connectivity index (χ3v) is 2.35. The summed E-state index contributed by atoms with van der Waals surface area (Å²) in [5.74, 6) is 1.05. The fraction of sp³-hybridized carbons (Fsp3) is 0.667. The van der Waals surface area contributed by atoms with Gasteiger partial charge in [0.1, 0.15) is 18.3 Å². The lowest BCUT2D eigenvalue weighted by Gasteiger charge is -1.92. The summed E-state index contributed by atoms with van der Waals surface area (Å²) in [5.41, 5.74) is 0. The fourth-order valence-corrected chi connectivity index (χ4v) is 1.59. The molecule has 12 heavy (non-hydrogen) atoms. The number of rotatable bonds is 5. The number of hydrogen-bond acceptors (Lipinski definition) is 1. The van der Waals surface area contributed by atoms with Gasteiger partial charge in [-0.2, -0.15) is 0 Å². The van der Waals surface area contributed by atoms with Crippen LogP contribution >= 0.6 is 11.8 Å². The molecule has 1 heterocycles. The molecule has 3 heteroatoms. The van der Waals surface area contributed by atoms with Crippen LogP contribution in [-0.2, 0) is 12.4 Å². The number of hydrogen-bond donors (Lipinski definition) is 0. The van der Waals surface area contributed by atoms with Crippen LogP contribution in [0, 0.1) is 0 Å². The molecule has 1 rings (SSSR count). The van der Waals surface area contributed by atoms with Gasteiger partial charge in [0.2, 0.25) is 6.33 Å². The van der Waals surface area contributed by atoms with Crippen LogP contribution in [0.4, 0.5) is 0 Å². The molecule has 0 atom stereocenters. The minimum absolute atomic E-state index is 1.05. The predicted molar refractivity (Wildman–Crippen MR) is 53.1 cm³/mol. The molecule has 0 aliphatic heterocycles. The second-order valence-electron chi connectivity index (χ2n) is 2.94. The largest absolute Gasteiger partial charge is 0.244 e. The van der Waals surface area contributed by atoms with E-state index in [0.29, 0.717) is 0 Å². The number of thioether (sulfide) groups is 1. The van der Waals surface area contributed by atoms with E-state index in [1.807, 2.05) is 11.8 Å². The van der Waals surface area contributed by atoms with Gasteiger partial charge in [-0.25, -0.2) is 9.13 Å². The summed E-state index contributed by atoms with van der Waals surface area (Å²) in [5, 5.41) is 0. The monoisotopic (exact) mass is 185 g/mol. The van der Waals surface area contributed by atoms with E-state index in [1.165, 1.54) is 12.8 Å². The summed E-state index contributed by atoms with van der Waals surface area (Å²) >= 11 is 1.84. The highest BCUT2D eigenvalue weighted by Gasteiger charge is 2.00. The molecular formula is C9H17N2S+. The Morgan fingerprint density at radius 3 is 3.00 bits per heavy atom. The van der Waals surface area contributed by atoms with Crippen LogP contribution in [0.5, 0.6) is 0 Å². The zero-order chi connectivity index (χ0) is 8.81. The van der Waals surface area contributed by atoms with Crippen LogP contribution in [0.2, 0.25) is 0 Å². The van der Waals surface area contributed by atoms with Gasteiger partial charge in [-0.15, -0.1) is 11.8 Å². The molecule has 0 radical (unpaired) electrons. The molecule has 0 N–H and O–H groups in total. The van der Waals surface area contributed by atoms with E-state index < -0.39 is 0 Å². The fourth-order valence-electron chi connectivity index (χ4n) is 1.14. The summed E-state index contributed by atoms with van der Waals surface area (Å²) in [6, 6.07) is 0. The van der Waals surface area contributed by atoms with Crippen LogP contribution < -0.4 is 4.57 Å². The van der Waals surface area contributed by atoms with Crippen molar-refractivity contribution >= 4 is 11.8 Å². The first-order chi connectivity index (χ1) is 5.86. The first kappa shape index (κ1) is 9.65. The van der Waals surface area contributed by atoms with Crippen molar-refractivity contribution in [2.24, 2.45) is 0 Å². The second-order valence-corrected chi connectivity index (χ2v) is 3.77. The lowest BCUT2D eigenvalue weighted by atomic mass is 10.3. The van der Waals surface area contributed by atoms with E-state index in [2.05, 4.69) is 41.0 Å². The summed E-state index contributed by atoms with van der Waals surface area (Å²) in [6.07, 6.45) is 11.1. The normalized spacial score (nSPS) is 10.5. The number of aromatic nitrogens is 2. The highest BCUT2D eigenvalue weighted by atomic mass is 32.2. The average Bonchev–Trinajstić information content (AvgIpc) is 2.50. The van der Waals surface area contributed by atoms with Crippen molar-refractivity contribution in [1.29, 1.82) is 0 Å². The molecule has 0 aromatic carbocycles. The summed E-state index contributed by atoms with van der Waals surface area (Å²) in [6.45, 7) is 3.37. The lowest BCUT2D eigenvalue weighted by Crippen LogP contribution is -2.28. The maximum Gasteiger partial charge on any atom is 0.244 e. The lowest BCUT2D eigenvalue weighted by molar-refractivity contribution is -0.675. The smallest absolute Gasteiger partial charge is 0.237 e. The van der Waals surface area contributed by atoms with E-state index in [9.17, 15) is 0 Å². The molecule has 1 aromatic heterocycles. The van der Waals surface area contributed by atoms with Crippen molar-refractivity contribution in [2.75, 3.05) is 6.26 Å². The standard InChI is InChI=1S/C9H17N2S/c1-3-4-5-10-6-7-11(8-10)9-12-2/h6-8H,3-5,9H2,1-2H3/q+1.